The Bertz CT molecular complexity index is 679. The molecule has 0 radical (unpaired) electrons. The predicted octanol–water partition coefficient (Wildman–Crippen LogP) is 3.48. The third-order valence-electron chi connectivity index (χ3n) is 4.11. The van der Waals surface area contributed by atoms with Gasteiger partial charge < -0.3 is 10.1 Å². The second-order valence-corrected chi connectivity index (χ2v) is 6.08. The Morgan fingerprint density at radius 1 is 1.33 bits per heavy atom. The number of carbonyl (C=O) groups is 1. The normalized spacial score (nSPS) is 12.2. The number of carbonyl (C=O) groups excluding carboxylic acids is 1. The third-order valence-corrected chi connectivity index (χ3v) is 4.11. The van der Waals surface area contributed by atoms with Crippen molar-refractivity contribution in [3.05, 3.63) is 47.3 Å². The minimum absolute atomic E-state index is 0.0957. The Balaban J connectivity index is 2.02. The van der Waals surface area contributed by atoms with Gasteiger partial charge in [-0.2, -0.15) is 5.10 Å². The number of nitrogens with one attached hydrogen (secondary N) is 1. The quantitative estimate of drug-likeness (QED) is 0.754. The number of ether oxygens (including phenoxy) is 1. The molecule has 0 aliphatic heterocycles. The molecule has 1 amide bonds. The van der Waals surface area contributed by atoms with E-state index in [9.17, 15) is 4.79 Å². The van der Waals surface area contributed by atoms with Gasteiger partial charge in [0.2, 0.25) is 5.91 Å². The first-order valence-electron chi connectivity index (χ1n) is 8.52. The maximum atomic E-state index is 12.0. The maximum absolute atomic E-state index is 12.0. The second-order valence-electron chi connectivity index (χ2n) is 6.08. The molecule has 0 aliphatic rings. The maximum Gasteiger partial charge on any atom is 0.246 e. The van der Waals surface area contributed by atoms with Crippen LogP contribution in [0.25, 0.3) is 5.69 Å². The number of amides is 1. The Labute approximate surface area is 144 Å². The molecule has 5 heteroatoms. The molecule has 0 saturated heterocycles. The zero-order valence-corrected chi connectivity index (χ0v) is 15.0. The van der Waals surface area contributed by atoms with Crippen molar-refractivity contribution in [2.24, 2.45) is 0 Å². The molecular weight excluding hydrogens is 302 g/mol. The molecule has 2 aromatic rings. The van der Waals surface area contributed by atoms with E-state index in [1.807, 2.05) is 42.9 Å². The standard InChI is InChI=1S/C19H27N3O2/c1-5-6-11-24-13-19(23)21-15(3)17-12-20-22(16(17)4)18-10-8-7-9-14(18)2/h7-10,12,15H,5-6,11,13H2,1-4H3,(H,21,23)/t15-/m0/s1. The van der Waals surface area contributed by atoms with Crippen LogP contribution < -0.4 is 5.32 Å². The van der Waals surface area contributed by atoms with Gasteiger partial charge in [-0.1, -0.05) is 31.5 Å². The number of benzene rings is 1. The molecule has 1 heterocycles. The Hall–Kier alpha value is -2.14. The number of rotatable bonds is 8. The van der Waals surface area contributed by atoms with Gasteiger partial charge in [-0.25, -0.2) is 4.68 Å². The van der Waals surface area contributed by atoms with Crippen molar-refractivity contribution in [3.8, 4) is 5.69 Å². The summed E-state index contributed by atoms with van der Waals surface area (Å²) < 4.78 is 7.28. The summed E-state index contributed by atoms with van der Waals surface area (Å²) in [7, 11) is 0. The van der Waals surface area contributed by atoms with Crippen molar-refractivity contribution in [2.75, 3.05) is 13.2 Å². The third kappa shape index (κ3) is 4.45. The van der Waals surface area contributed by atoms with E-state index in [0.29, 0.717) is 6.61 Å². The van der Waals surface area contributed by atoms with Crippen molar-refractivity contribution >= 4 is 5.91 Å². The van der Waals surface area contributed by atoms with Gasteiger partial charge in [0, 0.05) is 17.9 Å². The summed E-state index contributed by atoms with van der Waals surface area (Å²) in [6.45, 7) is 8.89. The van der Waals surface area contributed by atoms with Crippen molar-refractivity contribution in [3.63, 3.8) is 0 Å². The van der Waals surface area contributed by atoms with Gasteiger partial charge in [0.05, 0.1) is 17.9 Å². The van der Waals surface area contributed by atoms with Gasteiger partial charge in [0.1, 0.15) is 6.61 Å². The molecular formula is C19H27N3O2. The summed E-state index contributed by atoms with van der Waals surface area (Å²) in [5.41, 5.74) is 4.27. The smallest absolute Gasteiger partial charge is 0.246 e. The van der Waals surface area contributed by atoms with Gasteiger partial charge in [-0.15, -0.1) is 0 Å². The van der Waals surface area contributed by atoms with Crippen LogP contribution in [0, 0.1) is 13.8 Å². The molecule has 1 N–H and O–H groups in total. The zero-order valence-electron chi connectivity index (χ0n) is 15.0. The molecule has 1 aromatic heterocycles. The number of hydrogen-bond donors (Lipinski definition) is 1. The molecule has 5 nitrogen and oxygen atoms in total. The first-order valence-corrected chi connectivity index (χ1v) is 8.52. The zero-order chi connectivity index (χ0) is 17.5. The van der Waals surface area contributed by atoms with Crippen LogP contribution in [0.3, 0.4) is 0 Å². The second kappa shape index (κ2) is 8.64. The first-order chi connectivity index (χ1) is 11.5. The molecule has 0 aliphatic carbocycles. The monoisotopic (exact) mass is 329 g/mol. The van der Waals surface area contributed by atoms with Crippen molar-refractivity contribution < 1.29 is 9.53 Å². The first kappa shape index (κ1) is 18.2. The van der Waals surface area contributed by atoms with Gasteiger partial charge in [-0.05, 0) is 38.8 Å². The highest BCUT2D eigenvalue weighted by Crippen LogP contribution is 2.21. The van der Waals surface area contributed by atoms with E-state index in [0.717, 1.165) is 35.3 Å². The van der Waals surface area contributed by atoms with Gasteiger partial charge in [-0.3, -0.25) is 4.79 Å². The highest BCUT2D eigenvalue weighted by atomic mass is 16.5. The number of hydrogen-bond acceptors (Lipinski definition) is 3. The average Bonchev–Trinajstić information content (AvgIpc) is 2.93. The topological polar surface area (TPSA) is 56.1 Å². The SMILES string of the molecule is CCCCOCC(=O)N[C@@H](C)c1cnn(-c2ccccc2C)c1C. The molecule has 0 bridgehead atoms. The molecule has 0 spiro atoms. The summed E-state index contributed by atoms with van der Waals surface area (Å²) in [4.78, 5) is 12.0. The Morgan fingerprint density at radius 3 is 2.79 bits per heavy atom. The van der Waals surface area contributed by atoms with E-state index in [-0.39, 0.29) is 18.6 Å². The van der Waals surface area contributed by atoms with Crippen molar-refractivity contribution in [1.82, 2.24) is 15.1 Å². The summed E-state index contributed by atoms with van der Waals surface area (Å²) in [6.07, 6.45) is 3.87. The van der Waals surface area contributed by atoms with Crippen molar-refractivity contribution in [2.45, 2.75) is 46.6 Å². The molecule has 130 valence electrons. The molecule has 0 fully saturated rings. The number of nitrogens with zero attached hydrogens (tertiary/aromatic N) is 2. The molecule has 0 saturated carbocycles. The van der Waals surface area contributed by atoms with Crippen LogP contribution in [0.4, 0.5) is 0 Å². The minimum Gasteiger partial charge on any atom is -0.372 e. The fourth-order valence-corrected chi connectivity index (χ4v) is 2.66. The van der Waals surface area contributed by atoms with Crippen LogP contribution in [0.15, 0.2) is 30.5 Å². The number of aryl methyl sites for hydroxylation is 1. The van der Waals surface area contributed by atoms with E-state index < -0.39 is 0 Å². The van der Waals surface area contributed by atoms with E-state index >= 15 is 0 Å². The minimum atomic E-state index is -0.106. The Morgan fingerprint density at radius 2 is 2.08 bits per heavy atom. The lowest BCUT2D eigenvalue weighted by atomic mass is 10.1. The van der Waals surface area contributed by atoms with Gasteiger partial charge in [0.25, 0.3) is 0 Å². The van der Waals surface area contributed by atoms with Crippen molar-refractivity contribution in [1.29, 1.82) is 0 Å². The van der Waals surface area contributed by atoms with Crippen LogP contribution in [0.5, 0.6) is 0 Å². The molecule has 0 unspecified atom stereocenters. The van der Waals surface area contributed by atoms with E-state index in [1.165, 1.54) is 0 Å². The number of unbranched alkanes of at least 4 members (excludes halogenated alkanes) is 1. The fourth-order valence-electron chi connectivity index (χ4n) is 2.66. The van der Waals surface area contributed by atoms with Crippen LogP contribution in [0.2, 0.25) is 0 Å². The lowest BCUT2D eigenvalue weighted by Crippen LogP contribution is -2.30. The molecule has 2 rings (SSSR count). The molecule has 24 heavy (non-hydrogen) atoms. The lowest BCUT2D eigenvalue weighted by Gasteiger charge is -2.15. The predicted molar refractivity (Wildman–Crippen MR) is 95.3 cm³/mol. The lowest BCUT2D eigenvalue weighted by molar-refractivity contribution is -0.126. The Kier molecular flexibility index (Phi) is 6.55. The summed E-state index contributed by atoms with van der Waals surface area (Å²) in [5, 5.41) is 7.47. The summed E-state index contributed by atoms with van der Waals surface area (Å²) >= 11 is 0. The van der Waals surface area contributed by atoms with E-state index in [1.54, 1.807) is 0 Å². The highest BCUT2D eigenvalue weighted by Gasteiger charge is 2.16. The van der Waals surface area contributed by atoms with Gasteiger partial charge in [0.15, 0.2) is 0 Å². The summed E-state index contributed by atoms with van der Waals surface area (Å²) in [5.74, 6) is -0.0957. The summed E-state index contributed by atoms with van der Waals surface area (Å²) in [6, 6.07) is 8.02. The average molecular weight is 329 g/mol. The van der Waals surface area contributed by atoms with Crippen LogP contribution in [-0.4, -0.2) is 28.9 Å². The van der Waals surface area contributed by atoms with E-state index in [4.69, 9.17) is 4.74 Å². The fraction of sp³-hybridized carbons (Fsp3) is 0.474. The molecule has 1 atom stereocenters. The largest absolute Gasteiger partial charge is 0.372 e. The van der Waals surface area contributed by atoms with Crippen LogP contribution in [0.1, 0.15) is 49.6 Å². The highest BCUT2D eigenvalue weighted by molar-refractivity contribution is 5.77. The molecule has 1 aromatic carbocycles. The number of aromatic nitrogens is 2. The number of para-hydroxylation sites is 1. The van der Waals surface area contributed by atoms with Gasteiger partial charge >= 0.3 is 0 Å². The van der Waals surface area contributed by atoms with E-state index in [2.05, 4.69) is 30.3 Å². The van der Waals surface area contributed by atoms with Crippen LogP contribution >= 0.6 is 0 Å². The van der Waals surface area contributed by atoms with Crippen LogP contribution in [-0.2, 0) is 9.53 Å².